The molecule has 0 N–H and O–H groups in total. The summed E-state index contributed by atoms with van der Waals surface area (Å²) >= 11 is 1.67. The van der Waals surface area contributed by atoms with Gasteiger partial charge in [-0.3, -0.25) is 0 Å². The minimum absolute atomic E-state index is 0.402. The highest BCUT2D eigenvalue weighted by atomic mass is 32.1. The third kappa shape index (κ3) is 2.60. The summed E-state index contributed by atoms with van der Waals surface area (Å²) in [5, 5.41) is 18.9. The monoisotopic (exact) mass is 244 g/mol. The Morgan fingerprint density at radius 3 is 3.06 bits per heavy atom. The molecule has 0 spiro atoms. The van der Waals surface area contributed by atoms with Crippen molar-refractivity contribution in [3.05, 3.63) is 45.9 Å². The van der Waals surface area contributed by atoms with E-state index in [1.54, 1.807) is 16.0 Å². The molecule has 0 saturated carbocycles. The molecule has 0 saturated heterocycles. The van der Waals surface area contributed by atoms with Gasteiger partial charge in [-0.1, -0.05) is 23.4 Å². The van der Waals surface area contributed by atoms with Crippen LogP contribution >= 0.6 is 11.3 Å². The number of allylic oxidation sites excluding steroid dienone is 1. The Hall–Kier alpha value is -1.93. The van der Waals surface area contributed by atoms with Crippen LogP contribution in [0.5, 0.6) is 0 Å². The molecule has 2 heterocycles. The van der Waals surface area contributed by atoms with E-state index in [-0.39, 0.29) is 0 Å². The molecule has 2 rings (SSSR count). The molecule has 86 valence electrons. The molecule has 5 heteroatoms. The number of thiophene rings is 1. The topological polar surface area (TPSA) is 54.5 Å². The predicted octanol–water partition coefficient (Wildman–Crippen LogP) is 2.38. The molecule has 17 heavy (non-hydrogen) atoms. The van der Waals surface area contributed by atoms with Crippen molar-refractivity contribution in [1.82, 2.24) is 15.0 Å². The SMILES string of the molecule is C=C(C)Cn1nnc(C#N)c1Cc1cccs1. The first kappa shape index (κ1) is 11.6. The Bertz CT molecular complexity index is 560. The first-order valence-corrected chi connectivity index (χ1v) is 6.08. The standard InChI is InChI=1S/C12H12N4S/c1-9(2)8-16-12(11(7-13)14-15-16)6-10-4-3-5-17-10/h3-5H,1,6,8H2,2H3. The lowest BCUT2D eigenvalue weighted by Gasteiger charge is -2.04. The molecule has 0 bridgehead atoms. The van der Waals surface area contributed by atoms with Crippen LogP contribution in [0.1, 0.15) is 23.2 Å². The Balaban J connectivity index is 2.32. The van der Waals surface area contributed by atoms with Gasteiger partial charge in [0.2, 0.25) is 0 Å². The summed E-state index contributed by atoms with van der Waals surface area (Å²) in [6.07, 6.45) is 0.695. The van der Waals surface area contributed by atoms with Crippen molar-refractivity contribution >= 4 is 11.3 Å². The lowest BCUT2D eigenvalue weighted by molar-refractivity contribution is 0.620. The van der Waals surface area contributed by atoms with Gasteiger partial charge in [-0.25, -0.2) is 4.68 Å². The molecule has 0 unspecified atom stereocenters. The Kier molecular flexibility index (Phi) is 3.35. The maximum absolute atomic E-state index is 9.01. The van der Waals surface area contributed by atoms with Crippen LogP contribution in [-0.4, -0.2) is 15.0 Å². The second-order valence-electron chi connectivity index (χ2n) is 3.87. The van der Waals surface area contributed by atoms with Gasteiger partial charge in [0.25, 0.3) is 0 Å². The van der Waals surface area contributed by atoms with Crippen LogP contribution < -0.4 is 0 Å². The molecule has 0 amide bonds. The van der Waals surface area contributed by atoms with Crippen LogP contribution in [0, 0.1) is 11.3 Å². The molecule has 0 aliphatic carbocycles. The van der Waals surface area contributed by atoms with Crippen molar-refractivity contribution in [2.24, 2.45) is 0 Å². The highest BCUT2D eigenvalue weighted by molar-refractivity contribution is 7.09. The molecule has 0 aliphatic rings. The largest absolute Gasteiger partial charge is 0.244 e. The Morgan fingerprint density at radius 2 is 2.47 bits per heavy atom. The number of hydrogen-bond donors (Lipinski definition) is 0. The van der Waals surface area contributed by atoms with Gasteiger partial charge in [0.05, 0.1) is 12.2 Å². The van der Waals surface area contributed by atoms with Gasteiger partial charge in [-0.15, -0.1) is 16.4 Å². The van der Waals surface area contributed by atoms with Gasteiger partial charge in [-0.05, 0) is 18.4 Å². The van der Waals surface area contributed by atoms with Crippen LogP contribution in [0.3, 0.4) is 0 Å². The maximum atomic E-state index is 9.01. The number of nitrogens with zero attached hydrogens (tertiary/aromatic N) is 4. The highest BCUT2D eigenvalue weighted by Gasteiger charge is 2.13. The van der Waals surface area contributed by atoms with Crippen molar-refractivity contribution in [2.75, 3.05) is 0 Å². The quantitative estimate of drug-likeness (QED) is 0.776. The van der Waals surface area contributed by atoms with Crippen molar-refractivity contribution in [2.45, 2.75) is 19.9 Å². The lowest BCUT2D eigenvalue weighted by Crippen LogP contribution is -2.06. The second kappa shape index (κ2) is 4.93. The van der Waals surface area contributed by atoms with Crippen molar-refractivity contribution < 1.29 is 0 Å². The third-order valence-corrected chi connectivity index (χ3v) is 3.16. The van der Waals surface area contributed by atoms with Crippen molar-refractivity contribution in [3.63, 3.8) is 0 Å². The van der Waals surface area contributed by atoms with E-state index in [0.717, 1.165) is 11.3 Å². The fraction of sp³-hybridized carbons (Fsp3) is 0.250. The molecule has 4 nitrogen and oxygen atoms in total. The lowest BCUT2D eigenvalue weighted by atomic mass is 10.2. The van der Waals surface area contributed by atoms with E-state index in [4.69, 9.17) is 5.26 Å². The minimum Gasteiger partial charge on any atom is -0.244 e. The van der Waals surface area contributed by atoms with Crippen LogP contribution in [0.4, 0.5) is 0 Å². The number of rotatable bonds is 4. The van der Waals surface area contributed by atoms with E-state index in [9.17, 15) is 0 Å². The zero-order valence-electron chi connectivity index (χ0n) is 9.55. The summed E-state index contributed by atoms with van der Waals surface area (Å²) in [5.74, 6) is 0. The van der Waals surface area contributed by atoms with E-state index in [1.807, 2.05) is 24.4 Å². The molecule has 2 aromatic heterocycles. The highest BCUT2D eigenvalue weighted by Crippen LogP contribution is 2.17. The van der Waals surface area contributed by atoms with Crippen LogP contribution in [-0.2, 0) is 13.0 Å². The first-order chi connectivity index (χ1) is 8.20. The molecule has 0 aliphatic heterocycles. The van der Waals surface area contributed by atoms with E-state index in [2.05, 4.69) is 23.0 Å². The van der Waals surface area contributed by atoms with Gasteiger partial charge in [0, 0.05) is 11.3 Å². The summed E-state index contributed by atoms with van der Waals surface area (Å²) < 4.78 is 1.75. The molecule has 2 aromatic rings. The fourth-order valence-corrected chi connectivity index (χ4v) is 2.26. The van der Waals surface area contributed by atoms with Gasteiger partial charge in [-0.2, -0.15) is 5.26 Å². The van der Waals surface area contributed by atoms with Gasteiger partial charge in [0.1, 0.15) is 6.07 Å². The first-order valence-electron chi connectivity index (χ1n) is 5.20. The van der Waals surface area contributed by atoms with Crippen LogP contribution in [0.15, 0.2) is 29.7 Å². The zero-order chi connectivity index (χ0) is 12.3. The fourth-order valence-electron chi connectivity index (χ4n) is 1.56. The zero-order valence-corrected chi connectivity index (χ0v) is 10.4. The van der Waals surface area contributed by atoms with Gasteiger partial charge >= 0.3 is 0 Å². The molecular formula is C12H12N4S. The third-order valence-electron chi connectivity index (χ3n) is 2.28. The molecule has 0 atom stereocenters. The average molecular weight is 244 g/mol. The predicted molar refractivity (Wildman–Crippen MR) is 66.7 cm³/mol. The minimum atomic E-state index is 0.402. The maximum Gasteiger partial charge on any atom is 0.186 e. The molecular weight excluding hydrogens is 232 g/mol. The summed E-state index contributed by atoms with van der Waals surface area (Å²) in [7, 11) is 0. The van der Waals surface area contributed by atoms with Crippen molar-refractivity contribution in [3.8, 4) is 6.07 Å². The Morgan fingerprint density at radius 1 is 1.65 bits per heavy atom. The van der Waals surface area contributed by atoms with E-state index in [0.29, 0.717) is 18.7 Å². The normalized spacial score (nSPS) is 10.1. The summed E-state index contributed by atoms with van der Waals surface area (Å²) in [5.41, 5.74) is 2.25. The molecule has 0 aromatic carbocycles. The number of aromatic nitrogens is 3. The van der Waals surface area contributed by atoms with E-state index >= 15 is 0 Å². The smallest absolute Gasteiger partial charge is 0.186 e. The second-order valence-corrected chi connectivity index (χ2v) is 4.90. The summed E-state index contributed by atoms with van der Waals surface area (Å²) in [6.45, 7) is 6.39. The van der Waals surface area contributed by atoms with E-state index in [1.165, 1.54) is 4.88 Å². The van der Waals surface area contributed by atoms with Crippen LogP contribution in [0.2, 0.25) is 0 Å². The average Bonchev–Trinajstić information content (AvgIpc) is 2.90. The molecule has 0 radical (unpaired) electrons. The summed E-state index contributed by atoms with van der Waals surface area (Å²) in [6, 6.07) is 6.13. The number of nitriles is 1. The number of hydrogen-bond acceptors (Lipinski definition) is 4. The van der Waals surface area contributed by atoms with Crippen LogP contribution in [0.25, 0.3) is 0 Å². The molecule has 0 fully saturated rings. The summed E-state index contributed by atoms with van der Waals surface area (Å²) in [4.78, 5) is 1.20. The van der Waals surface area contributed by atoms with Gasteiger partial charge < -0.3 is 0 Å². The van der Waals surface area contributed by atoms with Gasteiger partial charge in [0.15, 0.2) is 5.69 Å². The Labute approximate surface area is 104 Å². The van der Waals surface area contributed by atoms with E-state index < -0.39 is 0 Å². The van der Waals surface area contributed by atoms with Crippen molar-refractivity contribution in [1.29, 1.82) is 5.26 Å².